The molecule has 1 aliphatic carbocycles. The van der Waals surface area contributed by atoms with Crippen molar-refractivity contribution in [3.63, 3.8) is 0 Å². The molecule has 0 N–H and O–H groups in total. The van der Waals surface area contributed by atoms with E-state index in [0.29, 0.717) is 0 Å². The summed E-state index contributed by atoms with van der Waals surface area (Å²) in [6.07, 6.45) is 5.02. The lowest BCUT2D eigenvalue weighted by Gasteiger charge is -2.28. The van der Waals surface area contributed by atoms with Crippen LogP contribution in [0.4, 0.5) is 22.0 Å². The second-order valence-electron chi connectivity index (χ2n) is 9.40. The van der Waals surface area contributed by atoms with Crippen LogP contribution in [0.1, 0.15) is 57.4 Å². The first kappa shape index (κ1) is 24.5. The summed E-state index contributed by atoms with van der Waals surface area (Å²) in [7, 11) is 0. The first-order chi connectivity index (χ1) is 16.2. The molecule has 182 valence electrons. The van der Waals surface area contributed by atoms with E-state index in [1.54, 1.807) is 12.1 Å². The molecule has 3 aromatic carbocycles. The van der Waals surface area contributed by atoms with Crippen molar-refractivity contribution >= 4 is 10.8 Å². The Labute approximate surface area is 196 Å². The Balaban J connectivity index is 1.43. The van der Waals surface area contributed by atoms with Crippen molar-refractivity contribution in [2.45, 2.75) is 64.7 Å². The highest BCUT2D eigenvalue weighted by Gasteiger charge is 2.34. The van der Waals surface area contributed by atoms with Crippen LogP contribution in [0.5, 0.6) is 5.75 Å². The lowest BCUT2D eigenvalue weighted by Crippen LogP contribution is -2.19. The van der Waals surface area contributed by atoms with Crippen LogP contribution in [-0.2, 0) is 6.42 Å². The molecule has 1 saturated carbocycles. The summed E-state index contributed by atoms with van der Waals surface area (Å²) >= 11 is 0. The molecule has 0 amide bonds. The first-order valence-electron chi connectivity index (χ1n) is 12.0. The highest BCUT2D eigenvalue weighted by atomic mass is 19.4. The van der Waals surface area contributed by atoms with Gasteiger partial charge in [0.1, 0.15) is 0 Å². The van der Waals surface area contributed by atoms with Crippen molar-refractivity contribution in [3.05, 3.63) is 65.7 Å². The molecule has 0 bridgehead atoms. The van der Waals surface area contributed by atoms with E-state index >= 15 is 0 Å². The number of fused-ring (bicyclic) bond motifs is 1. The molecule has 0 unspecified atom stereocenters. The predicted molar refractivity (Wildman–Crippen MR) is 125 cm³/mol. The van der Waals surface area contributed by atoms with Crippen molar-refractivity contribution in [2.75, 3.05) is 0 Å². The molecule has 3 aromatic rings. The highest BCUT2D eigenvalue weighted by molar-refractivity contribution is 5.89. The zero-order chi connectivity index (χ0) is 24.3. The van der Waals surface area contributed by atoms with E-state index < -0.39 is 23.7 Å². The summed E-state index contributed by atoms with van der Waals surface area (Å²) in [5.74, 6) is -2.48. The Morgan fingerprint density at radius 1 is 0.824 bits per heavy atom. The third-order valence-electron chi connectivity index (χ3n) is 7.00. The third-order valence-corrected chi connectivity index (χ3v) is 7.00. The number of alkyl halides is 3. The molecule has 1 nitrogen and oxygen atoms in total. The van der Waals surface area contributed by atoms with E-state index in [4.69, 9.17) is 0 Å². The lowest BCUT2D eigenvalue weighted by atomic mass is 9.78. The highest BCUT2D eigenvalue weighted by Crippen LogP contribution is 2.36. The van der Waals surface area contributed by atoms with Crippen LogP contribution in [0.25, 0.3) is 21.9 Å². The van der Waals surface area contributed by atoms with E-state index in [1.165, 1.54) is 56.6 Å². The van der Waals surface area contributed by atoms with Crippen molar-refractivity contribution in [1.82, 2.24) is 0 Å². The van der Waals surface area contributed by atoms with Gasteiger partial charge >= 0.3 is 6.36 Å². The SMILES string of the molecule is CCC[C@H]1CC[C@H](CCc2ccc(-c3ccc4c(F)c(OC(F)(F)F)c(F)cc4c3)cc2)CC1. The molecule has 0 radical (unpaired) electrons. The number of ether oxygens (including phenoxy) is 1. The van der Waals surface area contributed by atoms with Crippen molar-refractivity contribution < 1.29 is 26.7 Å². The second kappa shape index (κ2) is 10.3. The maximum atomic E-state index is 14.5. The van der Waals surface area contributed by atoms with E-state index in [-0.39, 0.29) is 10.8 Å². The second-order valence-corrected chi connectivity index (χ2v) is 9.40. The minimum atomic E-state index is -5.18. The summed E-state index contributed by atoms with van der Waals surface area (Å²) in [6, 6.07) is 13.5. The average Bonchev–Trinajstić information content (AvgIpc) is 2.81. The molecule has 0 aromatic heterocycles. The van der Waals surface area contributed by atoms with Gasteiger partial charge in [0.05, 0.1) is 0 Å². The molecule has 0 heterocycles. The molecule has 1 aliphatic rings. The van der Waals surface area contributed by atoms with Gasteiger partial charge in [-0.25, -0.2) is 8.78 Å². The predicted octanol–water partition coefficient (Wildman–Crippen LogP) is 9.22. The Morgan fingerprint density at radius 3 is 2.06 bits per heavy atom. The van der Waals surface area contributed by atoms with Crippen LogP contribution < -0.4 is 4.74 Å². The zero-order valence-corrected chi connectivity index (χ0v) is 19.2. The molecular weight excluding hydrogens is 447 g/mol. The number of hydrogen-bond acceptors (Lipinski definition) is 1. The number of benzene rings is 3. The number of rotatable bonds is 7. The summed E-state index contributed by atoms with van der Waals surface area (Å²) in [4.78, 5) is 0. The smallest absolute Gasteiger partial charge is 0.399 e. The lowest BCUT2D eigenvalue weighted by molar-refractivity contribution is -0.276. The monoisotopic (exact) mass is 476 g/mol. The first-order valence-corrected chi connectivity index (χ1v) is 12.0. The van der Waals surface area contributed by atoms with Gasteiger partial charge in [0, 0.05) is 5.39 Å². The number of hydrogen-bond donors (Lipinski definition) is 0. The van der Waals surface area contributed by atoms with Gasteiger partial charge in [-0.15, -0.1) is 13.2 Å². The van der Waals surface area contributed by atoms with Crippen LogP contribution in [0.2, 0.25) is 0 Å². The normalized spacial score (nSPS) is 18.9. The molecule has 0 spiro atoms. The molecule has 4 rings (SSSR count). The van der Waals surface area contributed by atoms with Crippen LogP contribution in [0.15, 0.2) is 48.5 Å². The fourth-order valence-corrected chi connectivity index (χ4v) is 5.15. The van der Waals surface area contributed by atoms with Crippen molar-refractivity contribution in [1.29, 1.82) is 0 Å². The van der Waals surface area contributed by atoms with Crippen LogP contribution in [-0.4, -0.2) is 6.36 Å². The number of halogens is 5. The molecule has 1 fully saturated rings. The van der Waals surface area contributed by atoms with Crippen LogP contribution >= 0.6 is 0 Å². The van der Waals surface area contributed by atoms with Crippen molar-refractivity contribution in [3.8, 4) is 16.9 Å². The zero-order valence-electron chi connectivity index (χ0n) is 19.2. The topological polar surface area (TPSA) is 9.23 Å². The van der Waals surface area contributed by atoms with Gasteiger partial charge in [0.15, 0.2) is 11.6 Å². The minimum Gasteiger partial charge on any atom is -0.399 e. The Bertz CT molecular complexity index is 1110. The summed E-state index contributed by atoms with van der Waals surface area (Å²) < 4.78 is 69.5. The van der Waals surface area contributed by atoms with E-state index in [1.807, 2.05) is 12.1 Å². The summed E-state index contributed by atoms with van der Waals surface area (Å²) in [5.41, 5.74) is 2.87. The van der Waals surface area contributed by atoms with Gasteiger partial charge < -0.3 is 4.74 Å². The fourth-order valence-electron chi connectivity index (χ4n) is 5.15. The molecule has 0 aliphatic heterocycles. The summed E-state index contributed by atoms with van der Waals surface area (Å²) in [5, 5.41) is 0.0412. The number of aryl methyl sites for hydroxylation is 1. The molecule has 34 heavy (non-hydrogen) atoms. The molecular formula is C28H29F5O. The minimum absolute atomic E-state index is 0.130. The third kappa shape index (κ3) is 5.89. The van der Waals surface area contributed by atoms with E-state index in [0.717, 1.165) is 35.4 Å². The standard InChI is InChI=1S/C28H29F5O/c1-2-3-18-4-6-19(7-5-18)8-9-20-10-12-21(13-11-20)22-14-15-24-23(16-22)17-25(29)27(26(24)30)34-28(31,32)33/h10-19H,2-9H2,1H3/t18-,19-. The van der Waals surface area contributed by atoms with Gasteiger partial charge in [-0.2, -0.15) is 0 Å². The molecule has 6 heteroatoms. The Morgan fingerprint density at radius 2 is 1.44 bits per heavy atom. The van der Waals surface area contributed by atoms with E-state index in [2.05, 4.69) is 23.8 Å². The largest absolute Gasteiger partial charge is 0.573 e. The van der Waals surface area contributed by atoms with Gasteiger partial charge in [0.2, 0.25) is 5.75 Å². The Hall–Kier alpha value is -2.63. The average molecular weight is 477 g/mol. The Kier molecular flexibility index (Phi) is 7.44. The summed E-state index contributed by atoms with van der Waals surface area (Å²) in [6.45, 7) is 2.26. The fraction of sp³-hybridized carbons (Fsp3) is 0.429. The van der Waals surface area contributed by atoms with Gasteiger partial charge in [-0.05, 0) is 58.9 Å². The maximum absolute atomic E-state index is 14.5. The molecule has 0 saturated heterocycles. The van der Waals surface area contributed by atoms with E-state index in [9.17, 15) is 22.0 Å². The maximum Gasteiger partial charge on any atom is 0.573 e. The van der Waals surface area contributed by atoms with Gasteiger partial charge in [0.25, 0.3) is 0 Å². The van der Waals surface area contributed by atoms with Gasteiger partial charge in [-0.3, -0.25) is 0 Å². The van der Waals surface area contributed by atoms with Crippen molar-refractivity contribution in [2.24, 2.45) is 11.8 Å². The van der Waals surface area contributed by atoms with Crippen LogP contribution in [0, 0.1) is 23.5 Å². The molecule has 0 atom stereocenters. The van der Waals surface area contributed by atoms with Gasteiger partial charge in [-0.1, -0.05) is 81.8 Å². The quantitative estimate of drug-likeness (QED) is 0.309. The van der Waals surface area contributed by atoms with Crippen LogP contribution in [0.3, 0.4) is 0 Å².